The van der Waals surface area contributed by atoms with E-state index in [1.54, 1.807) is 0 Å². The molecule has 1 N–H and O–H groups in total. The molecule has 1 aliphatic rings. The molecule has 86 valence electrons. The number of nitrogens with zero attached hydrogens (tertiary/aromatic N) is 2. The zero-order chi connectivity index (χ0) is 11.7. The van der Waals surface area contributed by atoms with E-state index in [1.807, 2.05) is 24.4 Å². The summed E-state index contributed by atoms with van der Waals surface area (Å²) in [7, 11) is 0. The lowest BCUT2D eigenvalue weighted by Gasteiger charge is -2.06. The van der Waals surface area contributed by atoms with Gasteiger partial charge in [0.15, 0.2) is 0 Å². The normalized spacial score (nSPS) is 14.6. The van der Waals surface area contributed by atoms with Gasteiger partial charge in [-0.1, -0.05) is 17.7 Å². The second-order valence-electron chi connectivity index (χ2n) is 4.57. The van der Waals surface area contributed by atoms with Crippen molar-refractivity contribution in [3.63, 3.8) is 0 Å². The maximum atomic E-state index is 4.53. The molecule has 3 heteroatoms. The fourth-order valence-corrected chi connectivity index (χ4v) is 1.81. The molecule has 0 radical (unpaired) electrons. The molecule has 0 saturated heterocycles. The van der Waals surface area contributed by atoms with Crippen molar-refractivity contribution in [1.29, 1.82) is 0 Å². The highest BCUT2D eigenvalue weighted by atomic mass is 15.1. The van der Waals surface area contributed by atoms with Gasteiger partial charge >= 0.3 is 0 Å². The van der Waals surface area contributed by atoms with Crippen molar-refractivity contribution in [2.24, 2.45) is 0 Å². The van der Waals surface area contributed by atoms with Gasteiger partial charge in [0.1, 0.15) is 0 Å². The van der Waals surface area contributed by atoms with Crippen LogP contribution in [0.25, 0.3) is 0 Å². The molecule has 1 heterocycles. The van der Waals surface area contributed by atoms with Crippen LogP contribution in [-0.4, -0.2) is 9.97 Å². The summed E-state index contributed by atoms with van der Waals surface area (Å²) < 4.78 is 0. The van der Waals surface area contributed by atoms with Gasteiger partial charge in [-0.15, -0.1) is 0 Å². The van der Waals surface area contributed by atoms with Crippen LogP contribution in [0.15, 0.2) is 36.5 Å². The Bertz CT molecular complexity index is 515. The van der Waals surface area contributed by atoms with E-state index in [9.17, 15) is 0 Å². The van der Waals surface area contributed by atoms with E-state index in [-0.39, 0.29) is 0 Å². The molecule has 1 aliphatic carbocycles. The molecule has 1 aromatic heterocycles. The molecule has 0 spiro atoms. The first kappa shape index (κ1) is 10.3. The molecule has 3 rings (SSSR count). The molecular formula is C14H15N3. The van der Waals surface area contributed by atoms with Gasteiger partial charge in [-0.3, -0.25) is 0 Å². The average molecular weight is 225 g/mol. The van der Waals surface area contributed by atoms with Crippen LogP contribution in [-0.2, 0) is 0 Å². The second kappa shape index (κ2) is 4.17. The van der Waals surface area contributed by atoms with Gasteiger partial charge in [-0.05, 0) is 38.0 Å². The Hall–Kier alpha value is -1.90. The van der Waals surface area contributed by atoms with Gasteiger partial charge in [-0.25, -0.2) is 9.97 Å². The number of aryl methyl sites for hydroxylation is 1. The smallest absolute Gasteiger partial charge is 0.227 e. The molecule has 2 aromatic rings. The third-order valence-electron chi connectivity index (χ3n) is 2.98. The minimum atomic E-state index is 0.663. The van der Waals surface area contributed by atoms with Crippen LogP contribution in [0.5, 0.6) is 0 Å². The Balaban J connectivity index is 1.79. The first-order chi connectivity index (χ1) is 8.31. The Morgan fingerprint density at radius 1 is 1.12 bits per heavy atom. The van der Waals surface area contributed by atoms with E-state index in [2.05, 4.69) is 34.3 Å². The Kier molecular flexibility index (Phi) is 2.52. The van der Waals surface area contributed by atoms with E-state index < -0.39 is 0 Å². The Labute approximate surface area is 101 Å². The van der Waals surface area contributed by atoms with Gasteiger partial charge in [0, 0.05) is 23.5 Å². The van der Waals surface area contributed by atoms with E-state index in [0.717, 1.165) is 11.4 Å². The number of hydrogen-bond acceptors (Lipinski definition) is 3. The largest absolute Gasteiger partial charge is 0.324 e. The molecule has 0 unspecified atom stereocenters. The van der Waals surface area contributed by atoms with E-state index in [1.165, 1.54) is 18.4 Å². The van der Waals surface area contributed by atoms with Crippen molar-refractivity contribution in [3.8, 4) is 0 Å². The highest BCUT2D eigenvalue weighted by molar-refractivity contribution is 5.53. The summed E-state index contributed by atoms with van der Waals surface area (Å²) in [5.74, 6) is 1.36. The lowest BCUT2D eigenvalue weighted by molar-refractivity contribution is 0.993. The van der Waals surface area contributed by atoms with E-state index in [0.29, 0.717) is 11.9 Å². The molecule has 1 fully saturated rings. The minimum Gasteiger partial charge on any atom is -0.324 e. The molecule has 1 aromatic carbocycles. The Morgan fingerprint density at radius 2 is 1.88 bits per heavy atom. The monoisotopic (exact) mass is 225 g/mol. The van der Waals surface area contributed by atoms with Crippen LogP contribution in [0.4, 0.5) is 11.6 Å². The molecule has 0 amide bonds. The molecule has 17 heavy (non-hydrogen) atoms. The van der Waals surface area contributed by atoms with Crippen molar-refractivity contribution in [2.45, 2.75) is 25.7 Å². The van der Waals surface area contributed by atoms with Gasteiger partial charge in [0.2, 0.25) is 5.95 Å². The SMILES string of the molecule is Cc1ccc(Nc2nccc(C3CC3)n2)cc1. The molecule has 1 saturated carbocycles. The number of hydrogen-bond donors (Lipinski definition) is 1. The summed E-state index contributed by atoms with van der Waals surface area (Å²) in [6.07, 6.45) is 4.36. The van der Waals surface area contributed by atoms with Gasteiger partial charge in [0.25, 0.3) is 0 Å². The van der Waals surface area contributed by atoms with Crippen LogP contribution in [0.3, 0.4) is 0 Å². The maximum absolute atomic E-state index is 4.53. The third-order valence-corrected chi connectivity index (χ3v) is 2.98. The quantitative estimate of drug-likeness (QED) is 0.869. The molecule has 0 atom stereocenters. The van der Waals surface area contributed by atoms with Gasteiger partial charge in [0.05, 0.1) is 0 Å². The predicted molar refractivity (Wildman–Crippen MR) is 68.5 cm³/mol. The topological polar surface area (TPSA) is 37.8 Å². The summed E-state index contributed by atoms with van der Waals surface area (Å²) in [6.45, 7) is 2.08. The third kappa shape index (κ3) is 2.44. The predicted octanol–water partition coefficient (Wildman–Crippen LogP) is 3.41. The van der Waals surface area contributed by atoms with Crippen LogP contribution >= 0.6 is 0 Å². The summed E-state index contributed by atoms with van der Waals surface area (Å²) in [5.41, 5.74) is 3.45. The van der Waals surface area contributed by atoms with Gasteiger partial charge in [-0.2, -0.15) is 0 Å². The zero-order valence-electron chi connectivity index (χ0n) is 9.85. The molecular weight excluding hydrogens is 210 g/mol. The molecule has 0 aliphatic heterocycles. The molecule has 0 bridgehead atoms. The number of rotatable bonds is 3. The summed E-state index contributed by atoms with van der Waals surface area (Å²) in [4.78, 5) is 8.78. The highest BCUT2D eigenvalue weighted by Crippen LogP contribution is 2.39. The van der Waals surface area contributed by atoms with Crippen LogP contribution in [0, 0.1) is 6.92 Å². The number of nitrogens with one attached hydrogen (secondary N) is 1. The number of anilines is 2. The highest BCUT2D eigenvalue weighted by Gasteiger charge is 2.25. The van der Waals surface area contributed by atoms with Crippen molar-refractivity contribution >= 4 is 11.6 Å². The minimum absolute atomic E-state index is 0.663. The summed E-state index contributed by atoms with van der Waals surface area (Å²) >= 11 is 0. The number of aromatic nitrogens is 2. The zero-order valence-corrected chi connectivity index (χ0v) is 9.85. The van der Waals surface area contributed by atoms with Gasteiger partial charge < -0.3 is 5.32 Å². The lowest BCUT2D eigenvalue weighted by atomic mass is 10.2. The maximum Gasteiger partial charge on any atom is 0.227 e. The van der Waals surface area contributed by atoms with Crippen molar-refractivity contribution < 1.29 is 0 Å². The van der Waals surface area contributed by atoms with E-state index in [4.69, 9.17) is 0 Å². The lowest BCUT2D eigenvalue weighted by Crippen LogP contribution is -1.98. The molecule has 3 nitrogen and oxygen atoms in total. The first-order valence-electron chi connectivity index (χ1n) is 5.98. The summed E-state index contributed by atoms with van der Waals surface area (Å²) in [6, 6.07) is 10.3. The fraction of sp³-hybridized carbons (Fsp3) is 0.286. The van der Waals surface area contributed by atoms with Crippen LogP contribution in [0.2, 0.25) is 0 Å². The second-order valence-corrected chi connectivity index (χ2v) is 4.57. The summed E-state index contributed by atoms with van der Waals surface area (Å²) in [5, 5.41) is 3.23. The van der Waals surface area contributed by atoms with E-state index >= 15 is 0 Å². The van der Waals surface area contributed by atoms with Crippen LogP contribution < -0.4 is 5.32 Å². The average Bonchev–Trinajstić information content (AvgIpc) is 3.17. The number of benzene rings is 1. The fourth-order valence-electron chi connectivity index (χ4n) is 1.81. The standard InChI is InChI=1S/C14H15N3/c1-10-2-6-12(7-3-10)16-14-15-9-8-13(17-14)11-4-5-11/h2-3,6-9,11H,4-5H2,1H3,(H,15,16,17). The van der Waals surface area contributed by atoms with Crippen molar-refractivity contribution in [2.75, 3.05) is 5.32 Å². The van der Waals surface area contributed by atoms with Crippen molar-refractivity contribution in [1.82, 2.24) is 9.97 Å². The van der Waals surface area contributed by atoms with Crippen LogP contribution in [0.1, 0.15) is 30.0 Å². The Morgan fingerprint density at radius 3 is 2.59 bits per heavy atom. The first-order valence-corrected chi connectivity index (χ1v) is 5.98. The van der Waals surface area contributed by atoms with Crippen molar-refractivity contribution in [3.05, 3.63) is 47.8 Å².